The summed E-state index contributed by atoms with van der Waals surface area (Å²) in [4.78, 5) is 21.7. The summed E-state index contributed by atoms with van der Waals surface area (Å²) >= 11 is 0. The van der Waals surface area contributed by atoms with Crippen molar-refractivity contribution in [1.29, 1.82) is 0 Å². The van der Waals surface area contributed by atoms with Gasteiger partial charge in [-0.25, -0.2) is 5.43 Å². The molecule has 1 aromatic heterocycles. The van der Waals surface area contributed by atoms with Gasteiger partial charge in [0.15, 0.2) is 0 Å². The lowest BCUT2D eigenvalue weighted by molar-refractivity contribution is -0.384. The van der Waals surface area contributed by atoms with Crippen LogP contribution in [0.15, 0.2) is 51.0 Å². The van der Waals surface area contributed by atoms with Gasteiger partial charge in [0.05, 0.1) is 11.1 Å². The SMILES string of the molecule is O=C(NN=Cc1ccc(S(=O)(=O)O)o1)c1cccc([N+](=O)[O-])c1. The van der Waals surface area contributed by atoms with E-state index in [1.54, 1.807) is 0 Å². The van der Waals surface area contributed by atoms with Crippen LogP contribution in [0.25, 0.3) is 0 Å². The van der Waals surface area contributed by atoms with Gasteiger partial charge in [0, 0.05) is 17.7 Å². The molecule has 2 rings (SSSR count). The van der Waals surface area contributed by atoms with Crippen molar-refractivity contribution in [2.45, 2.75) is 5.09 Å². The highest BCUT2D eigenvalue weighted by Gasteiger charge is 2.14. The number of carbonyl (C=O) groups is 1. The number of carbonyl (C=O) groups excluding carboxylic acids is 1. The standard InChI is InChI=1S/C12H9N3O7S/c16-12(8-2-1-3-9(6-8)15(17)18)14-13-7-10-4-5-11(22-10)23(19,20)21/h1-7H,(H,14,16)(H,19,20,21). The van der Waals surface area contributed by atoms with Gasteiger partial charge >= 0.3 is 10.1 Å². The molecule has 0 aliphatic rings. The molecular formula is C12H9N3O7S. The van der Waals surface area contributed by atoms with E-state index in [1.807, 2.05) is 0 Å². The number of benzene rings is 1. The topological polar surface area (TPSA) is 152 Å². The maximum Gasteiger partial charge on any atom is 0.328 e. The van der Waals surface area contributed by atoms with E-state index in [2.05, 4.69) is 10.5 Å². The second-order valence-electron chi connectivity index (χ2n) is 4.14. The molecule has 0 spiro atoms. The van der Waals surface area contributed by atoms with Crippen molar-refractivity contribution in [2.75, 3.05) is 0 Å². The number of non-ortho nitro benzene ring substituents is 1. The third kappa shape index (κ3) is 4.21. The van der Waals surface area contributed by atoms with E-state index in [9.17, 15) is 23.3 Å². The molecule has 0 fully saturated rings. The van der Waals surface area contributed by atoms with Crippen LogP contribution in [0.2, 0.25) is 0 Å². The van der Waals surface area contributed by atoms with Crippen molar-refractivity contribution < 1.29 is 27.1 Å². The molecule has 2 N–H and O–H groups in total. The van der Waals surface area contributed by atoms with E-state index >= 15 is 0 Å². The number of hydrogen-bond donors (Lipinski definition) is 2. The molecule has 120 valence electrons. The lowest BCUT2D eigenvalue weighted by atomic mass is 10.2. The molecule has 11 heteroatoms. The molecule has 1 aromatic carbocycles. The Hall–Kier alpha value is -3.05. The van der Waals surface area contributed by atoms with E-state index in [0.717, 1.165) is 18.3 Å². The molecule has 1 heterocycles. The van der Waals surface area contributed by atoms with E-state index in [-0.39, 0.29) is 17.0 Å². The van der Waals surface area contributed by atoms with E-state index in [1.165, 1.54) is 24.3 Å². The van der Waals surface area contributed by atoms with Crippen LogP contribution in [-0.2, 0) is 10.1 Å². The number of nitrogens with one attached hydrogen (secondary N) is 1. The van der Waals surface area contributed by atoms with Crippen LogP contribution in [-0.4, -0.2) is 30.0 Å². The van der Waals surface area contributed by atoms with Crippen molar-refractivity contribution in [3.63, 3.8) is 0 Å². The van der Waals surface area contributed by atoms with Crippen LogP contribution >= 0.6 is 0 Å². The average Bonchev–Trinajstić information content (AvgIpc) is 2.96. The van der Waals surface area contributed by atoms with Gasteiger partial charge in [-0.3, -0.25) is 19.5 Å². The van der Waals surface area contributed by atoms with Gasteiger partial charge in [-0.15, -0.1) is 0 Å². The predicted octanol–water partition coefficient (Wildman–Crippen LogP) is 1.20. The average molecular weight is 339 g/mol. The van der Waals surface area contributed by atoms with Crippen LogP contribution in [0.4, 0.5) is 5.69 Å². The third-order valence-corrected chi connectivity index (χ3v) is 3.26. The second-order valence-corrected chi connectivity index (χ2v) is 5.49. The minimum Gasteiger partial charge on any atom is -0.441 e. The summed E-state index contributed by atoms with van der Waals surface area (Å²) in [6.07, 6.45) is 1.00. The predicted molar refractivity (Wildman–Crippen MR) is 76.7 cm³/mol. The van der Waals surface area contributed by atoms with Crippen molar-refractivity contribution in [3.05, 3.63) is 57.8 Å². The Kier molecular flexibility index (Phi) is 4.52. The van der Waals surface area contributed by atoms with Crippen molar-refractivity contribution in [3.8, 4) is 0 Å². The van der Waals surface area contributed by atoms with Gasteiger partial charge in [-0.2, -0.15) is 13.5 Å². The summed E-state index contributed by atoms with van der Waals surface area (Å²) in [5.74, 6) is -0.733. The van der Waals surface area contributed by atoms with Crippen molar-refractivity contribution >= 4 is 27.9 Å². The summed E-state index contributed by atoms with van der Waals surface area (Å²) in [6.45, 7) is 0. The van der Waals surface area contributed by atoms with Gasteiger partial charge in [0.1, 0.15) is 5.76 Å². The monoisotopic (exact) mass is 339 g/mol. The molecule has 0 aliphatic carbocycles. The number of amides is 1. The largest absolute Gasteiger partial charge is 0.441 e. The minimum absolute atomic E-state index is 0.0226. The summed E-state index contributed by atoms with van der Waals surface area (Å²) in [5, 5.41) is 13.5. The minimum atomic E-state index is -4.46. The number of hydrogen-bond acceptors (Lipinski definition) is 7. The zero-order valence-corrected chi connectivity index (χ0v) is 12.1. The summed E-state index contributed by atoms with van der Waals surface area (Å²) in [5.41, 5.74) is 1.88. The molecule has 10 nitrogen and oxygen atoms in total. The number of hydrazone groups is 1. The van der Waals surface area contributed by atoms with E-state index < -0.39 is 26.0 Å². The van der Waals surface area contributed by atoms with Crippen molar-refractivity contribution in [1.82, 2.24) is 5.43 Å². The first-order chi connectivity index (χ1) is 10.8. The number of furan rings is 1. The number of nitrogens with zero attached hydrogens (tertiary/aromatic N) is 2. The van der Waals surface area contributed by atoms with Crippen LogP contribution < -0.4 is 5.43 Å². The fourth-order valence-corrected chi connectivity index (χ4v) is 1.96. The van der Waals surface area contributed by atoms with Gasteiger partial charge in [-0.1, -0.05) is 6.07 Å². The molecule has 0 atom stereocenters. The Morgan fingerprint density at radius 2 is 2.09 bits per heavy atom. The number of nitro groups is 1. The Morgan fingerprint density at radius 1 is 1.35 bits per heavy atom. The maximum absolute atomic E-state index is 11.8. The lowest BCUT2D eigenvalue weighted by Gasteiger charge is -1.99. The van der Waals surface area contributed by atoms with Crippen molar-refractivity contribution in [2.24, 2.45) is 5.10 Å². The molecule has 0 radical (unpaired) electrons. The second kappa shape index (κ2) is 6.37. The molecule has 0 saturated carbocycles. The Morgan fingerprint density at radius 3 is 2.70 bits per heavy atom. The van der Waals surface area contributed by atoms with Gasteiger partial charge in [-0.05, 0) is 18.2 Å². The van der Waals surface area contributed by atoms with Crippen LogP contribution in [0.1, 0.15) is 16.1 Å². The molecule has 1 amide bonds. The third-order valence-electron chi connectivity index (χ3n) is 2.53. The van der Waals surface area contributed by atoms with Gasteiger partial charge in [0.25, 0.3) is 11.6 Å². The quantitative estimate of drug-likeness (QED) is 0.359. The Bertz CT molecular complexity index is 886. The Labute approximate surface area is 129 Å². The fourth-order valence-electron chi connectivity index (χ4n) is 1.52. The molecule has 23 heavy (non-hydrogen) atoms. The van der Waals surface area contributed by atoms with Gasteiger partial charge < -0.3 is 4.42 Å². The van der Waals surface area contributed by atoms with Crippen LogP contribution in [0, 0.1) is 10.1 Å². The highest BCUT2D eigenvalue weighted by Crippen LogP contribution is 2.13. The number of nitro benzene ring substituents is 1. The highest BCUT2D eigenvalue weighted by molar-refractivity contribution is 7.85. The molecule has 0 unspecified atom stereocenters. The summed E-state index contributed by atoms with van der Waals surface area (Å²) in [7, 11) is -4.46. The Balaban J connectivity index is 2.05. The maximum atomic E-state index is 11.8. The zero-order chi connectivity index (χ0) is 17.0. The van der Waals surface area contributed by atoms with E-state index in [4.69, 9.17) is 8.97 Å². The fraction of sp³-hybridized carbons (Fsp3) is 0. The summed E-state index contributed by atoms with van der Waals surface area (Å²) in [6, 6.07) is 7.25. The number of rotatable bonds is 5. The zero-order valence-electron chi connectivity index (χ0n) is 11.2. The van der Waals surface area contributed by atoms with Crippen LogP contribution in [0.3, 0.4) is 0 Å². The van der Waals surface area contributed by atoms with E-state index in [0.29, 0.717) is 0 Å². The molecule has 2 aromatic rings. The summed E-state index contributed by atoms with van der Waals surface area (Å²) < 4.78 is 35.1. The normalized spacial score (nSPS) is 11.5. The lowest BCUT2D eigenvalue weighted by Crippen LogP contribution is -2.17. The first-order valence-corrected chi connectivity index (χ1v) is 7.36. The first kappa shape index (κ1) is 16.3. The van der Waals surface area contributed by atoms with Gasteiger partial charge in [0.2, 0.25) is 5.09 Å². The van der Waals surface area contributed by atoms with Crippen LogP contribution in [0.5, 0.6) is 0 Å². The molecule has 0 saturated heterocycles. The smallest absolute Gasteiger partial charge is 0.328 e. The first-order valence-electron chi connectivity index (χ1n) is 5.92. The molecular weight excluding hydrogens is 330 g/mol. The molecule has 0 aliphatic heterocycles. The highest BCUT2D eigenvalue weighted by atomic mass is 32.2. The molecule has 0 bridgehead atoms.